The summed E-state index contributed by atoms with van der Waals surface area (Å²) in [6.07, 6.45) is -1.22. The van der Waals surface area contributed by atoms with Gasteiger partial charge in [-0.3, -0.25) is 0 Å². The molecular formula is C13H20FNO2. The Hall–Kier alpha value is -1.13. The van der Waals surface area contributed by atoms with E-state index in [1.807, 2.05) is 11.9 Å². The van der Waals surface area contributed by atoms with E-state index >= 15 is 0 Å². The van der Waals surface area contributed by atoms with Crippen LogP contribution in [-0.2, 0) is 0 Å². The molecule has 17 heavy (non-hydrogen) atoms. The maximum absolute atomic E-state index is 13.5. The first-order valence-corrected chi connectivity index (χ1v) is 5.70. The van der Waals surface area contributed by atoms with Crippen LogP contribution in [0.1, 0.15) is 31.1 Å². The van der Waals surface area contributed by atoms with Crippen molar-refractivity contribution in [2.24, 2.45) is 0 Å². The Bertz CT molecular complexity index is 391. The van der Waals surface area contributed by atoms with Crippen LogP contribution in [0.15, 0.2) is 12.1 Å². The lowest BCUT2D eigenvalue weighted by Crippen LogP contribution is -2.28. The van der Waals surface area contributed by atoms with E-state index in [1.54, 1.807) is 26.8 Å². The number of hydrogen-bond donors (Lipinski definition) is 2. The SMILES string of the molecule is Cc1cc(N(C)CC(C)O)c([C@@H](C)O)cc1F. The quantitative estimate of drug-likeness (QED) is 0.847. The molecule has 0 radical (unpaired) electrons. The summed E-state index contributed by atoms with van der Waals surface area (Å²) in [5.74, 6) is -0.324. The number of rotatable bonds is 4. The number of aliphatic hydroxyl groups excluding tert-OH is 2. The lowest BCUT2D eigenvalue weighted by Gasteiger charge is -2.25. The maximum atomic E-state index is 13.5. The summed E-state index contributed by atoms with van der Waals surface area (Å²) in [4.78, 5) is 1.82. The molecule has 0 fully saturated rings. The van der Waals surface area contributed by atoms with E-state index in [0.717, 1.165) is 5.69 Å². The maximum Gasteiger partial charge on any atom is 0.126 e. The number of benzene rings is 1. The van der Waals surface area contributed by atoms with Crippen LogP contribution in [0.5, 0.6) is 0 Å². The summed E-state index contributed by atoms with van der Waals surface area (Å²) in [5.41, 5.74) is 1.82. The zero-order chi connectivity index (χ0) is 13.2. The molecule has 0 amide bonds. The van der Waals surface area contributed by atoms with Crippen molar-refractivity contribution in [3.63, 3.8) is 0 Å². The van der Waals surface area contributed by atoms with Crippen molar-refractivity contribution >= 4 is 5.69 Å². The molecule has 0 aliphatic carbocycles. The van der Waals surface area contributed by atoms with Gasteiger partial charge in [0.2, 0.25) is 0 Å². The average molecular weight is 241 g/mol. The van der Waals surface area contributed by atoms with Gasteiger partial charge in [-0.05, 0) is 38.5 Å². The molecule has 1 aromatic rings. The first-order chi connectivity index (χ1) is 7.82. The topological polar surface area (TPSA) is 43.7 Å². The minimum atomic E-state index is -0.739. The Kier molecular flexibility index (Phi) is 4.48. The molecule has 4 heteroatoms. The molecule has 96 valence electrons. The van der Waals surface area contributed by atoms with E-state index in [-0.39, 0.29) is 5.82 Å². The second-order valence-corrected chi connectivity index (χ2v) is 4.57. The molecule has 3 nitrogen and oxygen atoms in total. The Morgan fingerprint density at radius 2 is 1.88 bits per heavy atom. The molecule has 0 aromatic heterocycles. The van der Waals surface area contributed by atoms with Crippen molar-refractivity contribution in [1.29, 1.82) is 0 Å². The molecule has 0 bridgehead atoms. The monoisotopic (exact) mass is 241 g/mol. The molecule has 2 atom stereocenters. The number of aryl methyl sites for hydroxylation is 1. The highest BCUT2D eigenvalue weighted by Gasteiger charge is 2.15. The fourth-order valence-corrected chi connectivity index (χ4v) is 1.84. The van der Waals surface area contributed by atoms with E-state index in [1.165, 1.54) is 6.07 Å². The molecule has 0 spiro atoms. The molecule has 1 unspecified atom stereocenters. The van der Waals surface area contributed by atoms with Gasteiger partial charge in [0.1, 0.15) is 5.82 Å². The van der Waals surface area contributed by atoms with E-state index in [2.05, 4.69) is 0 Å². The summed E-state index contributed by atoms with van der Waals surface area (Å²) >= 11 is 0. The predicted octanol–water partition coefficient (Wildman–Crippen LogP) is 2.00. The Morgan fingerprint density at radius 3 is 2.35 bits per heavy atom. The minimum Gasteiger partial charge on any atom is -0.392 e. The van der Waals surface area contributed by atoms with E-state index in [9.17, 15) is 14.6 Å². The molecule has 2 N–H and O–H groups in total. The molecular weight excluding hydrogens is 221 g/mol. The highest BCUT2D eigenvalue weighted by molar-refractivity contribution is 5.56. The van der Waals surface area contributed by atoms with Crippen molar-refractivity contribution in [3.8, 4) is 0 Å². The van der Waals surface area contributed by atoms with Crippen LogP contribution in [0.25, 0.3) is 0 Å². The molecule has 0 aliphatic rings. The van der Waals surface area contributed by atoms with Gasteiger partial charge in [0.15, 0.2) is 0 Å². The third-order valence-electron chi connectivity index (χ3n) is 2.71. The molecule has 0 saturated heterocycles. The minimum absolute atomic E-state index is 0.324. The van der Waals surface area contributed by atoms with Crippen molar-refractivity contribution in [1.82, 2.24) is 0 Å². The third-order valence-corrected chi connectivity index (χ3v) is 2.71. The molecule has 1 aromatic carbocycles. The molecule has 0 aliphatic heterocycles. The van der Waals surface area contributed by atoms with Gasteiger partial charge in [0.25, 0.3) is 0 Å². The lowest BCUT2D eigenvalue weighted by atomic mass is 10.0. The summed E-state index contributed by atoms with van der Waals surface area (Å²) in [7, 11) is 1.81. The summed E-state index contributed by atoms with van der Waals surface area (Å²) in [6, 6.07) is 3.05. The normalized spacial score (nSPS) is 14.5. The number of hydrogen-bond acceptors (Lipinski definition) is 3. The highest BCUT2D eigenvalue weighted by atomic mass is 19.1. The second-order valence-electron chi connectivity index (χ2n) is 4.57. The predicted molar refractivity (Wildman–Crippen MR) is 66.7 cm³/mol. The van der Waals surface area contributed by atoms with Gasteiger partial charge in [0, 0.05) is 24.8 Å². The van der Waals surface area contributed by atoms with Crippen molar-refractivity contribution in [3.05, 3.63) is 29.1 Å². The lowest BCUT2D eigenvalue weighted by molar-refractivity contribution is 0.195. The van der Waals surface area contributed by atoms with Crippen LogP contribution in [0.4, 0.5) is 10.1 Å². The highest BCUT2D eigenvalue weighted by Crippen LogP contribution is 2.28. The Balaban J connectivity index is 3.16. The number of likely N-dealkylation sites (N-methyl/N-ethyl adjacent to an activating group) is 1. The van der Waals surface area contributed by atoms with Crippen LogP contribution >= 0.6 is 0 Å². The summed E-state index contributed by atoms with van der Waals surface area (Å²) in [5, 5.41) is 19.0. The van der Waals surface area contributed by atoms with Gasteiger partial charge in [0.05, 0.1) is 12.2 Å². The van der Waals surface area contributed by atoms with Gasteiger partial charge >= 0.3 is 0 Å². The Morgan fingerprint density at radius 1 is 1.29 bits per heavy atom. The van der Waals surface area contributed by atoms with Gasteiger partial charge in [-0.15, -0.1) is 0 Å². The summed E-state index contributed by atoms with van der Waals surface area (Å²) in [6.45, 7) is 5.41. The van der Waals surface area contributed by atoms with E-state index in [0.29, 0.717) is 17.7 Å². The number of aliphatic hydroxyl groups is 2. The van der Waals surface area contributed by atoms with Gasteiger partial charge < -0.3 is 15.1 Å². The van der Waals surface area contributed by atoms with Gasteiger partial charge in [-0.2, -0.15) is 0 Å². The Labute approximate surface area is 101 Å². The van der Waals surface area contributed by atoms with Crippen LogP contribution < -0.4 is 4.90 Å². The van der Waals surface area contributed by atoms with Gasteiger partial charge in [-0.25, -0.2) is 4.39 Å². The first-order valence-electron chi connectivity index (χ1n) is 5.70. The summed E-state index contributed by atoms with van der Waals surface area (Å²) < 4.78 is 13.5. The number of anilines is 1. The van der Waals surface area contributed by atoms with Crippen LogP contribution in [-0.4, -0.2) is 29.9 Å². The zero-order valence-electron chi connectivity index (χ0n) is 10.7. The molecule has 0 heterocycles. The van der Waals surface area contributed by atoms with Crippen LogP contribution in [0.2, 0.25) is 0 Å². The number of halogens is 1. The zero-order valence-corrected chi connectivity index (χ0v) is 10.7. The number of nitrogens with zero attached hydrogens (tertiary/aromatic N) is 1. The van der Waals surface area contributed by atoms with Crippen LogP contribution in [0.3, 0.4) is 0 Å². The van der Waals surface area contributed by atoms with E-state index < -0.39 is 12.2 Å². The third kappa shape index (κ3) is 3.41. The average Bonchev–Trinajstić information content (AvgIpc) is 2.19. The van der Waals surface area contributed by atoms with Crippen molar-refractivity contribution in [2.45, 2.75) is 33.0 Å². The first kappa shape index (κ1) is 13.9. The van der Waals surface area contributed by atoms with Crippen molar-refractivity contribution < 1.29 is 14.6 Å². The van der Waals surface area contributed by atoms with Crippen LogP contribution in [0, 0.1) is 12.7 Å². The smallest absolute Gasteiger partial charge is 0.126 e. The fourth-order valence-electron chi connectivity index (χ4n) is 1.84. The largest absolute Gasteiger partial charge is 0.392 e. The van der Waals surface area contributed by atoms with E-state index in [4.69, 9.17) is 0 Å². The molecule has 0 saturated carbocycles. The molecule has 1 rings (SSSR count). The van der Waals surface area contributed by atoms with Gasteiger partial charge in [-0.1, -0.05) is 0 Å². The standard InChI is InChI=1S/C13H20FNO2/c1-8-5-13(15(4)7-9(2)16)11(10(3)17)6-12(8)14/h5-6,9-10,16-17H,7H2,1-4H3/t9?,10-/m1/s1. The van der Waals surface area contributed by atoms with Crippen molar-refractivity contribution in [2.75, 3.05) is 18.5 Å². The fraction of sp³-hybridized carbons (Fsp3) is 0.538. The second kappa shape index (κ2) is 5.47.